The average molecular weight is 203 g/mol. The van der Waals surface area contributed by atoms with Gasteiger partial charge in [-0.2, -0.15) is 4.13 Å². The zero-order chi connectivity index (χ0) is 8.97. The summed E-state index contributed by atoms with van der Waals surface area (Å²) in [5.74, 6) is 0. The molecule has 0 radical (unpaired) electrons. The van der Waals surface area contributed by atoms with Crippen LogP contribution in [0.5, 0.6) is 0 Å². The Bertz CT molecular complexity index is 273. The topological polar surface area (TPSA) is 49.3 Å². The summed E-state index contributed by atoms with van der Waals surface area (Å²) in [4.78, 5) is 0.655. The van der Waals surface area contributed by atoms with Crippen molar-refractivity contribution in [3.05, 3.63) is 29.8 Å². The molecule has 66 valence electrons. The monoisotopic (exact) mass is 203 g/mol. The number of rotatable bonds is 3. The summed E-state index contributed by atoms with van der Waals surface area (Å²) in [7, 11) is -1.33. The third-order valence-electron chi connectivity index (χ3n) is 1.35. The molecule has 1 aromatic carbocycles. The second kappa shape index (κ2) is 4.61. The predicted octanol–water partition coefficient (Wildman–Crippen LogP) is 1.73. The molecule has 5 heteroatoms. The van der Waals surface area contributed by atoms with Gasteiger partial charge < -0.3 is 4.55 Å². The molecular formula is C7H9NO2S2. The van der Waals surface area contributed by atoms with Crippen molar-refractivity contribution in [1.82, 2.24) is 4.13 Å². The summed E-state index contributed by atoms with van der Waals surface area (Å²) in [6.45, 7) is 1.96. The van der Waals surface area contributed by atoms with Crippen LogP contribution < -0.4 is 4.13 Å². The Morgan fingerprint density at radius 3 is 2.50 bits per heavy atom. The quantitative estimate of drug-likeness (QED) is 0.581. The fraction of sp³-hybridized carbons (Fsp3) is 0.143. The first-order chi connectivity index (χ1) is 5.74. The van der Waals surface area contributed by atoms with Crippen molar-refractivity contribution in [2.75, 3.05) is 0 Å². The van der Waals surface area contributed by atoms with Gasteiger partial charge in [-0.05, 0) is 19.1 Å². The molecule has 0 spiro atoms. The first kappa shape index (κ1) is 9.73. The van der Waals surface area contributed by atoms with E-state index in [-0.39, 0.29) is 0 Å². The second-order valence-electron chi connectivity index (χ2n) is 2.26. The zero-order valence-corrected chi connectivity index (χ0v) is 8.11. The fourth-order valence-electron chi connectivity index (χ4n) is 0.744. The van der Waals surface area contributed by atoms with Crippen LogP contribution in [-0.4, -0.2) is 8.76 Å². The summed E-state index contributed by atoms with van der Waals surface area (Å²) >= 11 is 0.359. The van der Waals surface area contributed by atoms with E-state index in [1.165, 1.54) is 0 Å². The van der Waals surface area contributed by atoms with Gasteiger partial charge in [0.25, 0.3) is 0 Å². The standard InChI is InChI=1S/C7H9NO2S2/c1-6-2-4-7(5-3-6)12(10)8-11-9/h2-5,8-9H,1H3. The van der Waals surface area contributed by atoms with E-state index in [2.05, 4.69) is 4.13 Å². The third-order valence-corrected chi connectivity index (χ3v) is 2.95. The van der Waals surface area contributed by atoms with Crippen LogP contribution >= 0.6 is 12.2 Å². The molecule has 0 aliphatic heterocycles. The zero-order valence-electron chi connectivity index (χ0n) is 6.48. The largest absolute Gasteiger partial charge is 0.316 e. The van der Waals surface area contributed by atoms with Crippen molar-refractivity contribution >= 4 is 23.2 Å². The van der Waals surface area contributed by atoms with Gasteiger partial charge in [-0.3, -0.25) is 0 Å². The number of aryl methyl sites for hydroxylation is 1. The lowest BCUT2D eigenvalue weighted by molar-refractivity contribution is 0.656. The van der Waals surface area contributed by atoms with E-state index >= 15 is 0 Å². The second-order valence-corrected chi connectivity index (χ2v) is 4.11. The number of hydrogen-bond donors (Lipinski definition) is 2. The van der Waals surface area contributed by atoms with Gasteiger partial charge in [0.05, 0.1) is 17.1 Å². The molecular weight excluding hydrogens is 194 g/mol. The summed E-state index contributed by atoms with van der Waals surface area (Å²) in [6, 6.07) is 7.26. The van der Waals surface area contributed by atoms with Crippen molar-refractivity contribution in [2.24, 2.45) is 0 Å². The van der Waals surface area contributed by atoms with Crippen molar-refractivity contribution in [2.45, 2.75) is 11.8 Å². The molecule has 1 atom stereocenters. The molecule has 0 aromatic heterocycles. The molecule has 3 nitrogen and oxygen atoms in total. The maximum absolute atomic E-state index is 11.2. The molecule has 2 N–H and O–H groups in total. The molecule has 0 aliphatic carbocycles. The van der Waals surface area contributed by atoms with Gasteiger partial charge in [-0.15, -0.1) is 0 Å². The van der Waals surface area contributed by atoms with Crippen LogP contribution in [0.2, 0.25) is 0 Å². The van der Waals surface area contributed by atoms with Crippen LogP contribution in [0.15, 0.2) is 29.2 Å². The molecule has 12 heavy (non-hydrogen) atoms. The highest BCUT2D eigenvalue weighted by molar-refractivity contribution is 8.03. The highest BCUT2D eigenvalue weighted by Gasteiger charge is 2.00. The normalized spacial score (nSPS) is 12.8. The van der Waals surface area contributed by atoms with Gasteiger partial charge in [0.1, 0.15) is 11.0 Å². The molecule has 1 rings (SSSR count). The fourth-order valence-corrected chi connectivity index (χ4v) is 1.78. The maximum atomic E-state index is 11.2. The lowest BCUT2D eigenvalue weighted by Crippen LogP contribution is -2.07. The van der Waals surface area contributed by atoms with Crippen LogP contribution in [0.1, 0.15) is 5.56 Å². The van der Waals surface area contributed by atoms with Gasteiger partial charge in [-0.25, -0.2) is 4.21 Å². The average Bonchev–Trinajstić information content (AvgIpc) is 2.06. The number of hydrogen-bond acceptors (Lipinski definition) is 3. The Kier molecular flexibility index (Phi) is 3.74. The van der Waals surface area contributed by atoms with E-state index < -0.39 is 11.0 Å². The van der Waals surface area contributed by atoms with Gasteiger partial charge in [0.15, 0.2) is 0 Å². The van der Waals surface area contributed by atoms with Gasteiger partial charge in [0, 0.05) is 0 Å². The van der Waals surface area contributed by atoms with Crippen molar-refractivity contribution in [3.8, 4) is 0 Å². The molecule has 0 saturated heterocycles. The first-order valence-electron chi connectivity index (χ1n) is 3.28. The van der Waals surface area contributed by atoms with Crippen LogP contribution in [-0.2, 0) is 11.0 Å². The van der Waals surface area contributed by atoms with E-state index in [9.17, 15) is 4.21 Å². The minimum absolute atomic E-state index is 0.359. The van der Waals surface area contributed by atoms with E-state index in [4.69, 9.17) is 4.55 Å². The summed E-state index contributed by atoms with van der Waals surface area (Å²) in [5, 5.41) is 0. The Labute approximate surface area is 78.1 Å². The van der Waals surface area contributed by atoms with Gasteiger partial charge >= 0.3 is 0 Å². The lowest BCUT2D eigenvalue weighted by atomic mass is 10.2. The highest BCUT2D eigenvalue weighted by atomic mass is 32.2. The molecule has 1 aromatic rings. The van der Waals surface area contributed by atoms with Gasteiger partial charge in [0.2, 0.25) is 0 Å². The molecule has 1 unspecified atom stereocenters. The van der Waals surface area contributed by atoms with Crippen molar-refractivity contribution < 1.29 is 8.76 Å². The van der Waals surface area contributed by atoms with Crippen LogP contribution in [0.4, 0.5) is 0 Å². The smallest absolute Gasteiger partial charge is 0.136 e. The highest BCUT2D eigenvalue weighted by Crippen LogP contribution is 2.07. The number of nitrogens with one attached hydrogen (secondary N) is 1. The van der Waals surface area contributed by atoms with Crippen LogP contribution in [0.25, 0.3) is 0 Å². The summed E-state index contributed by atoms with van der Waals surface area (Å²) in [6.07, 6.45) is 0. The summed E-state index contributed by atoms with van der Waals surface area (Å²) < 4.78 is 21.9. The number of benzene rings is 1. The molecule has 0 bridgehead atoms. The molecule has 0 heterocycles. The minimum atomic E-state index is -1.33. The van der Waals surface area contributed by atoms with E-state index in [0.717, 1.165) is 5.56 Å². The van der Waals surface area contributed by atoms with E-state index in [0.29, 0.717) is 17.1 Å². The Morgan fingerprint density at radius 1 is 1.42 bits per heavy atom. The van der Waals surface area contributed by atoms with E-state index in [1.807, 2.05) is 19.1 Å². The Hall–Kier alpha value is -0.360. The predicted molar refractivity (Wildman–Crippen MR) is 50.9 cm³/mol. The molecule has 0 aliphatic rings. The molecule has 0 saturated carbocycles. The summed E-state index contributed by atoms with van der Waals surface area (Å²) in [5.41, 5.74) is 1.12. The lowest BCUT2D eigenvalue weighted by Gasteiger charge is -1.99. The molecule has 0 fully saturated rings. The third kappa shape index (κ3) is 2.60. The van der Waals surface area contributed by atoms with Crippen LogP contribution in [0.3, 0.4) is 0 Å². The first-order valence-corrected chi connectivity index (χ1v) is 5.21. The van der Waals surface area contributed by atoms with Crippen molar-refractivity contribution in [1.29, 1.82) is 0 Å². The molecule has 0 amide bonds. The van der Waals surface area contributed by atoms with Crippen molar-refractivity contribution in [3.63, 3.8) is 0 Å². The van der Waals surface area contributed by atoms with Crippen LogP contribution in [0, 0.1) is 6.92 Å². The van der Waals surface area contributed by atoms with Gasteiger partial charge in [-0.1, -0.05) is 17.7 Å². The maximum Gasteiger partial charge on any atom is 0.136 e. The minimum Gasteiger partial charge on any atom is -0.316 e. The Morgan fingerprint density at radius 2 is 2.00 bits per heavy atom. The Balaban J connectivity index is 2.75. The van der Waals surface area contributed by atoms with E-state index in [1.54, 1.807) is 12.1 Å². The SMILES string of the molecule is Cc1ccc(S(=O)NSO)cc1.